The topological polar surface area (TPSA) is 77.6 Å². The highest BCUT2D eigenvalue weighted by molar-refractivity contribution is 5.92. The molecule has 7 heteroatoms. The second kappa shape index (κ2) is 5.64. The number of amides is 1. The zero-order valence-corrected chi connectivity index (χ0v) is 11.3. The van der Waals surface area contributed by atoms with E-state index in [1.54, 1.807) is 21.8 Å². The van der Waals surface area contributed by atoms with E-state index in [0.717, 1.165) is 0 Å². The zero-order valence-electron chi connectivity index (χ0n) is 11.3. The van der Waals surface area contributed by atoms with Crippen molar-refractivity contribution in [1.29, 1.82) is 0 Å². The molecule has 0 aliphatic carbocycles. The number of hydrogen-bond acceptors (Lipinski definition) is 4. The number of hydrogen-bond donors (Lipinski definition) is 1. The van der Waals surface area contributed by atoms with E-state index in [9.17, 15) is 4.79 Å². The third-order valence-corrected chi connectivity index (χ3v) is 2.68. The number of nitrogens with zero attached hydrogens (tertiary/aromatic N) is 5. The van der Waals surface area contributed by atoms with Crippen molar-refractivity contribution in [2.45, 2.75) is 39.4 Å². The van der Waals surface area contributed by atoms with Gasteiger partial charge in [-0.05, 0) is 26.8 Å². The lowest BCUT2D eigenvalue weighted by Gasteiger charge is -2.12. The lowest BCUT2D eigenvalue weighted by molar-refractivity contribution is 0.0930. The van der Waals surface area contributed by atoms with Crippen molar-refractivity contribution in [3.05, 3.63) is 30.6 Å². The average molecular weight is 262 g/mol. The lowest BCUT2D eigenvalue weighted by atomic mass is 10.3. The Morgan fingerprint density at radius 2 is 2.21 bits per heavy atom. The van der Waals surface area contributed by atoms with Crippen LogP contribution in [0, 0.1) is 0 Å². The van der Waals surface area contributed by atoms with Gasteiger partial charge < -0.3 is 5.32 Å². The van der Waals surface area contributed by atoms with Crippen LogP contribution < -0.4 is 5.32 Å². The summed E-state index contributed by atoms with van der Waals surface area (Å²) in [6.07, 6.45) is 4.90. The van der Waals surface area contributed by atoms with E-state index in [0.29, 0.717) is 12.2 Å². The molecule has 0 saturated heterocycles. The van der Waals surface area contributed by atoms with Crippen LogP contribution in [0.4, 0.5) is 0 Å². The molecule has 0 unspecified atom stereocenters. The quantitative estimate of drug-likeness (QED) is 0.867. The largest absolute Gasteiger partial charge is 0.346 e. The van der Waals surface area contributed by atoms with Crippen LogP contribution in [-0.2, 0) is 6.54 Å². The molecule has 2 aromatic rings. The fraction of sp³-hybridized carbons (Fsp3) is 0.500. The summed E-state index contributed by atoms with van der Waals surface area (Å²) >= 11 is 0. The number of nitrogens with one attached hydrogen (secondary N) is 1. The summed E-state index contributed by atoms with van der Waals surface area (Å²) in [5, 5.41) is 11.1. The number of rotatable bonds is 5. The molecule has 2 aromatic heterocycles. The Labute approximate surface area is 111 Å². The van der Waals surface area contributed by atoms with Crippen LogP contribution in [0.5, 0.6) is 0 Å². The van der Waals surface area contributed by atoms with E-state index in [4.69, 9.17) is 0 Å². The summed E-state index contributed by atoms with van der Waals surface area (Å²) < 4.78 is 3.44. The van der Waals surface area contributed by atoms with Crippen molar-refractivity contribution in [2.24, 2.45) is 0 Å². The molecule has 0 spiro atoms. The lowest BCUT2D eigenvalue weighted by Crippen LogP contribution is -2.36. The van der Waals surface area contributed by atoms with Crippen LogP contribution in [0.1, 0.15) is 37.3 Å². The molecule has 0 aromatic carbocycles. The Bertz CT molecular complexity index is 530. The molecule has 2 rings (SSSR count). The first kappa shape index (κ1) is 13.3. The summed E-state index contributed by atoms with van der Waals surface area (Å²) in [6, 6.07) is 1.92. The molecular formula is C12H18N6O. The summed E-state index contributed by atoms with van der Waals surface area (Å²) in [6.45, 7) is 6.53. The van der Waals surface area contributed by atoms with Gasteiger partial charge in [0.05, 0.1) is 6.54 Å². The van der Waals surface area contributed by atoms with Crippen molar-refractivity contribution >= 4 is 5.91 Å². The van der Waals surface area contributed by atoms with Gasteiger partial charge >= 0.3 is 0 Å². The Morgan fingerprint density at radius 1 is 1.42 bits per heavy atom. The van der Waals surface area contributed by atoms with E-state index >= 15 is 0 Å². The molecule has 0 saturated carbocycles. The summed E-state index contributed by atoms with van der Waals surface area (Å²) in [7, 11) is 0. The molecule has 0 aliphatic heterocycles. The van der Waals surface area contributed by atoms with E-state index in [-0.39, 0.29) is 18.0 Å². The van der Waals surface area contributed by atoms with E-state index in [1.807, 2.05) is 27.0 Å². The Hall–Kier alpha value is -2.18. The molecule has 0 radical (unpaired) electrons. The highest BCUT2D eigenvalue weighted by Gasteiger charge is 2.13. The van der Waals surface area contributed by atoms with Gasteiger partial charge in [-0.25, -0.2) is 4.98 Å². The minimum absolute atomic E-state index is 0.0431. The summed E-state index contributed by atoms with van der Waals surface area (Å²) in [5.74, 6) is -0.174. The van der Waals surface area contributed by atoms with Gasteiger partial charge in [0.25, 0.3) is 5.91 Å². The Balaban J connectivity index is 1.92. The molecule has 0 bridgehead atoms. The van der Waals surface area contributed by atoms with Gasteiger partial charge in [-0.1, -0.05) is 0 Å². The van der Waals surface area contributed by atoms with Crippen LogP contribution in [0.2, 0.25) is 0 Å². The summed E-state index contributed by atoms with van der Waals surface area (Å²) in [4.78, 5) is 15.8. The van der Waals surface area contributed by atoms with Crippen molar-refractivity contribution in [2.75, 3.05) is 0 Å². The predicted octanol–water partition coefficient (Wildman–Crippen LogP) is 0.874. The van der Waals surface area contributed by atoms with Gasteiger partial charge in [0.1, 0.15) is 18.3 Å². The second-order valence-electron chi connectivity index (χ2n) is 4.77. The standard InChI is InChI=1S/C12H18N6O/c1-9(2)18-5-4-11(16-18)12(19)15-10(3)6-17-8-13-7-14-17/h4-5,7-10H,6H2,1-3H3,(H,15,19)/t10-/m0/s1. The van der Waals surface area contributed by atoms with E-state index in [2.05, 4.69) is 20.5 Å². The van der Waals surface area contributed by atoms with Crippen molar-refractivity contribution < 1.29 is 4.79 Å². The van der Waals surface area contributed by atoms with Gasteiger partial charge in [-0.2, -0.15) is 10.2 Å². The molecule has 2 heterocycles. The number of carbonyl (C=O) groups excluding carboxylic acids is 1. The van der Waals surface area contributed by atoms with Crippen LogP contribution >= 0.6 is 0 Å². The van der Waals surface area contributed by atoms with Crippen LogP contribution in [-0.4, -0.2) is 36.5 Å². The maximum atomic E-state index is 12.0. The molecule has 7 nitrogen and oxygen atoms in total. The van der Waals surface area contributed by atoms with Crippen molar-refractivity contribution in [3.63, 3.8) is 0 Å². The maximum Gasteiger partial charge on any atom is 0.272 e. The van der Waals surface area contributed by atoms with Gasteiger partial charge in [-0.3, -0.25) is 14.2 Å². The van der Waals surface area contributed by atoms with Gasteiger partial charge in [-0.15, -0.1) is 0 Å². The Kier molecular flexibility index (Phi) is 3.94. The third kappa shape index (κ3) is 3.40. The first-order valence-electron chi connectivity index (χ1n) is 6.24. The Morgan fingerprint density at radius 3 is 2.79 bits per heavy atom. The molecule has 102 valence electrons. The van der Waals surface area contributed by atoms with E-state index < -0.39 is 0 Å². The fourth-order valence-corrected chi connectivity index (χ4v) is 1.70. The highest BCUT2D eigenvalue weighted by atomic mass is 16.2. The predicted molar refractivity (Wildman–Crippen MR) is 69.6 cm³/mol. The molecule has 1 atom stereocenters. The molecule has 19 heavy (non-hydrogen) atoms. The van der Waals surface area contributed by atoms with Gasteiger partial charge in [0.15, 0.2) is 0 Å². The summed E-state index contributed by atoms with van der Waals surface area (Å²) in [5.41, 5.74) is 0.430. The van der Waals surface area contributed by atoms with Crippen molar-refractivity contribution in [3.8, 4) is 0 Å². The first-order chi connectivity index (χ1) is 9.06. The normalized spacial score (nSPS) is 12.6. The molecule has 1 N–H and O–H groups in total. The molecular weight excluding hydrogens is 244 g/mol. The van der Waals surface area contributed by atoms with E-state index in [1.165, 1.54) is 6.33 Å². The number of carbonyl (C=O) groups is 1. The molecule has 0 fully saturated rings. The smallest absolute Gasteiger partial charge is 0.272 e. The first-order valence-corrected chi connectivity index (χ1v) is 6.24. The van der Waals surface area contributed by atoms with Gasteiger partial charge in [0.2, 0.25) is 0 Å². The highest BCUT2D eigenvalue weighted by Crippen LogP contribution is 2.04. The monoisotopic (exact) mass is 262 g/mol. The second-order valence-corrected chi connectivity index (χ2v) is 4.77. The number of aromatic nitrogens is 5. The third-order valence-electron chi connectivity index (χ3n) is 2.68. The average Bonchev–Trinajstić information content (AvgIpc) is 2.98. The molecule has 0 aliphatic rings. The van der Waals surface area contributed by atoms with Crippen molar-refractivity contribution in [1.82, 2.24) is 29.9 Å². The minimum atomic E-state index is -0.174. The SMILES string of the molecule is CC(C)n1ccc(C(=O)N[C@@H](C)Cn2cncn2)n1. The maximum absolute atomic E-state index is 12.0. The minimum Gasteiger partial charge on any atom is -0.346 e. The van der Waals surface area contributed by atoms with Crippen LogP contribution in [0.3, 0.4) is 0 Å². The zero-order chi connectivity index (χ0) is 13.8. The van der Waals surface area contributed by atoms with Crippen LogP contribution in [0.25, 0.3) is 0 Å². The molecule has 1 amide bonds. The van der Waals surface area contributed by atoms with Gasteiger partial charge in [0, 0.05) is 18.3 Å². The fourth-order valence-electron chi connectivity index (χ4n) is 1.70. The van der Waals surface area contributed by atoms with Crippen LogP contribution in [0.15, 0.2) is 24.9 Å².